The smallest absolute Gasteiger partial charge is 0.321 e. The van der Waals surface area contributed by atoms with Gasteiger partial charge in [-0.15, -0.1) is 11.8 Å². The van der Waals surface area contributed by atoms with Crippen molar-refractivity contribution in [3.05, 3.63) is 34.7 Å². The fraction of sp³-hybridized carbons (Fsp3) is 0.438. The first kappa shape index (κ1) is 15.8. The standard InChI is InChI=1S/C16H23N3OS/c1-3-12(2)21-11-13-6-7-14(17)15(10-13)18-16(20)19-8-4-5-9-19/h3,6-7,10H,4-5,8-9,11,17H2,1-2H3,(H,18,20)/b12-3-. The number of hydrogen-bond donors (Lipinski definition) is 2. The van der Waals surface area contributed by atoms with Crippen molar-refractivity contribution in [3.8, 4) is 0 Å². The van der Waals surface area contributed by atoms with Crippen molar-refractivity contribution in [2.75, 3.05) is 24.1 Å². The minimum Gasteiger partial charge on any atom is -0.397 e. The molecule has 3 N–H and O–H groups in total. The van der Waals surface area contributed by atoms with E-state index < -0.39 is 0 Å². The van der Waals surface area contributed by atoms with Crippen LogP contribution in [0, 0.1) is 0 Å². The Labute approximate surface area is 130 Å². The maximum Gasteiger partial charge on any atom is 0.321 e. The van der Waals surface area contributed by atoms with Gasteiger partial charge in [-0.05, 0) is 49.3 Å². The summed E-state index contributed by atoms with van der Waals surface area (Å²) in [5, 5.41) is 2.93. The van der Waals surface area contributed by atoms with Crippen LogP contribution < -0.4 is 11.1 Å². The predicted octanol–water partition coefficient (Wildman–Crippen LogP) is 4.05. The number of nitrogens with two attached hydrogens (primary N) is 1. The van der Waals surface area contributed by atoms with Gasteiger partial charge in [0.2, 0.25) is 0 Å². The number of anilines is 2. The van der Waals surface area contributed by atoms with Crippen molar-refractivity contribution < 1.29 is 4.79 Å². The van der Waals surface area contributed by atoms with Gasteiger partial charge < -0.3 is 16.0 Å². The van der Waals surface area contributed by atoms with Crippen LogP contribution in [0.2, 0.25) is 0 Å². The van der Waals surface area contributed by atoms with Crippen molar-refractivity contribution in [2.45, 2.75) is 32.4 Å². The number of nitrogens with one attached hydrogen (secondary N) is 1. The topological polar surface area (TPSA) is 58.4 Å². The van der Waals surface area contributed by atoms with Gasteiger partial charge in [-0.2, -0.15) is 0 Å². The van der Waals surface area contributed by atoms with Crippen LogP contribution in [0.15, 0.2) is 29.2 Å². The van der Waals surface area contributed by atoms with E-state index in [9.17, 15) is 4.79 Å². The van der Waals surface area contributed by atoms with Crippen molar-refractivity contribution >= 4 is 29.2 Å². The Kier molecular flexibility index (Phi) is 5.56. The Morgan fingerprint density at radius 3 is 2.81 bits per heavy atom. The normalized spacial score (nSPS) is 15.3. The molecule has 0 aromatic heterocycles. The lowest BCUT2D eigenvalue weighted by Gasteiger charge is -2.17. The van der Waals surface area contributed by atoms with Crippen LogP contribution in [0.4, 0.5) is 16.2 Å². The molecule has 5 heteroatoms. The Bertz CT molecular complexity index is 536. The molecule has 1 aromatic rings. The first-order chi connectivity index (χ1) is 10.1. The molecule has 0 saturated carbocycles. The lowest BCUT2D eigenvalue weighted by atomic mass is 10.2. The number of urea groups is 1. The molecule has 0 aliphatic carbocycles. The van der Waals surface area contributed by atoms with Crippen molar-refractivity contribution in [1.82, 2.24) is 4.90 Å². The molecule has 0 spiro atoms. The quantitative estimate of drug-likeness (QED) is 0.825. The van der Waals surface area contributed by atoms with Gasteiger partial charge in [-0.1, -0.05) is 12.1 Å². The van der Waals surface area contributed by atoms with Gasteiger partial charge in [-0.3, -0.25) is 0 Å². The summed E-state index contributed by atoms with van der Waals surface area (Å²) in [5.41, 5.74) is 8.45. The third-order valence-electron chi connectivity index (χ3n) is 3.63. The number of carbonyl (C=O) groups excluding carboxylic acids is 1. The zero-order valence-corrected chi connectivity index (χ0v) is 13.5. The summed E-state index contributed by atoms with van der Waals surface area (Å²) in [6.07, 6.45) is 4.27. The number of thioether (sulfide) groups is 1. The van der Waals surface area contributed by atoms with Crippen LogP contribution in [0.25, 0.3) is 0 Å². The minimum absolute atomic E-state index is 0.0476. The number of amides is 2. The summed E-state index contributed by atoms with van der Waals surface area (Å²) in [7, 11) is 0. The number of likely N-dealkylation sites (tertiary alicyclic amines) is 1. The molecule has 1 heterocycles. The second kappa shape index (κ2) is 7.41. The number of hydrogen-bond acceptors (Lipinski definition) is 3. The van der Waals surface area contributed by atoms with Crippen molar-refractivity contribution in [1.29, 1.82) is 0 Å². The Morgan fingerprint density at radius 1 is 1.43 bits per heavy atom. The molecule has 114 valence electrons. The monoisotopic (exact) mass is 305 g/mol. The summed E-state index contributed by atoms with van der Waals surface area (Å²) < 4.78 is 0. The van der Waals surface area contributed by atoms with E-state index >= 15 is 0 Å². The zero-order chi connectivity index (χ0) is 15.2. The van der Waals surface area contributed by atoms with E-state index in [0.717, 1.165) is 37.2 Å². The molecular formula is C16H23N3OS. The van der Waals surface area contributed by atoms with Crippen LogP contribution in [-0.4, -0.2) is 24.0 Å². The van der Waals surface area contributed by atoms with Gasteiger partial charge in [0.1, 0.15) is 0 Å². The number of nitrogens with zero attached hydrogens (tertiary/aromatic N) is 1. The van der Waals surface area contributed by atoms with E-state index in [0.29, 0.717) is 11.4 Å². The van der Waals surface area contributed by atoms with E-state index in [1.54, 1.807) is 11.8 Å². The van der Waals surface area contributed by atoms with Crippen LogP contribution in [0.5, 0.6) is 0 Å². The van der Waals surface area contributed by atoms with E-state index in [1.165, 1.54) is 4.91 Å². The average molecular weight is 305 g/mol. The molecule has 1 aliphatic rings. The van der Waals surface area contributed by atoms with Crippen molar-refractivity contribution in [3.63, 3.8) is 0 Å². The minimum atomic E-state index is -0.0476. The summed E-state index contributed by atoms with van der Waals surface area (Å²) in [6, 6.07) is 5.80. The lowest BCUT2D eigenvalue weighted by Crippen LogP contribution is -2.32. The number of rotatable bonds is 4. The van der Waals surface area contributed by atoms with E-state index in [1.807, 2.05) is 30.0 Å². The third kappa shape index (κ3) is 4.43. The fourth-order valence-corrected chi connectivity index (χ4v) is 2.94. The summed E-state index contributed by atoms with van der Waals surface area (Å²) in [5.74, 6) is 0.878. The largest absolute Gasteiger partial charge is 0.397 e. The van der Waals surface area contributed by atoms with Crippen LogP contribution >= 0.6 is 11.8 Å². The number of nitrogen functional groups attached to an aromatic ring is 1. The number of allylic oxidation sites excluding steroid dienone is 2. The zero-order valence-electron chi connectivity index (χ0n) is 12.7. The molecule has 0 radical (unpaired) electrons. The summed E-state index contributed by atoms with van der Waals surface area (Å²) in [6.45, 7) is 5.80. The maximum absolute atomic E-state index is 12.1. The average Bonchev–Trinajstić information content (AvgIpc) is 3.02. The highest BCUT2D eigenvalue weighted by Gasteiger charge is 2.18. The Hall–Kier alpha value is -1.62. The van der Waals surface area contributed by atoms with Crippen LogP contribution in [-0.2, 0) is 5.75 Å². The fourth-order valence-electron chi connectivity index (χ4n) is 2.20. The molecular weight excluding hydrogens is 282 g/mol. The highest BCUT2D eigenvalue weighted by Crippen LogP contribution is 2.26. The van der Waals surface area contributed by atoms with Gasteiger partial charge in [0.05, 0.1) is 11.4 Å². The molecule has 1 aliphatic heterocycles. The Balaban J connectivity index is 2.02. The molecule has 2 rings (SSSR count). The van der Waals surface area contributed by atoms with Gasteiger partial charge in [0, 0.05) is 18.8 Å². The van der Waals surface area contributed by atoms with Gasteiger partial charge in [-0.25, -0.2) is 4.79 Å². The van der Waals surface area contributed by atoms with E-state index in [4.69, 9.17) is 5.73 Å². The van der Waals surface area contributed by atoms with Crippen LogP contribution in [0.3, 0.4) is 0 Å². The van der Waals surface area contributed by atoms with E-state index in [-0.39, 0.29) is 6.03 Å². The lowest BCUT2D eigenvalue weighted by molar-refractivity contribution is 0.222. The van der Waals surface area contributed by atoms with Gasteiger partial charge >= 0.3 is 6.03 Å². The second-order valence-electron chi connectivity index (χ2n) is 5.23. The molecule has 21 heavy (non-hydrogen) atoms. The molecule has 2 amide bonds. The van der Waals surface area contributed by atoms with Crippen LogP contribution in [0.1, 0.15) is 32.3 Å². The third-order valence-corrected chi connectivity index (χ3v) is 4.79. The molecule has 4 nitrogen and oxygen atoms in total. The molecule has 1 fully saturated rings. The molecule has 1 saturated heterocycles. The molecule has 0 atom stereocenters. The number of carbonyl (C=O) groups is 1. The molecule has 1 aromatic carbocycles. The predicted molar refractivity (Wildman–Crippen MR) is 91.4 cm³/mol. The van der Waals surface area contributed by atoms with Gasteiger partial charge in [0.25, 0.3) is 0 Å². The first-order valence-electron chi connectivity index (χ1n) is 7.30. The molecule has 0 bridgehead atoms. The highest BCUT2D eigenvalue weighted by molar-refractivity contribution is 8.02. The summed E-state index contributed by atoms with van der Waals surface area (Å²) in [4.78, 5) is 15.3. The highest BCUT2D eigenvalue weighted by atomic mass is 32.2. The van der Waals surface area contributed by atoms with E-state index in [2.05, 4.69) is 18.3 Å². The van der Waals surface area contributed by atoms with Crippen molar-refractivity contribution in [2.24, 2.45) is 0 Å². The Morgan fingerprint density at radius 2 is 2.14 bits per heavy atom. The SMILES string of the molecule is C/C=C(/C)SCc1ccc(N)c(NC(=O)N2CCCC2)c1. The summed E-state index contributed by atoms with van der Waals surface area (Å²) >= 11 is 1.79. The molecule has 0 unspecified atom stereocenters. The number of benzene rings is 1. The second-order valence-corrected chi connectivity index (χ2v) is 6.46. The van der Waals surface area contributed by atoms with Gasteiger partial charge in [0.15, 0.2) is 0 Å². The maximum atomic E-state index is 12.1. The first-order valence-corrected chi connectivity index (χ1v) is 8.28.